The van der Waals surface area contributed by atoms with Gasteiger partial charge in [-0.3, -0.25) is 4.79 Å². The van der Waals surface area contributed by atoms with E-state index in [0.29, 0.717) is 16.8 Å². The van der Waals surface area contributed by atoms with Gasteiger partial charge in [0.25, 0.3) is 5.91 Å². The number of hydrogen-bond donors (Lipinski definition) is 1. The SMILES string of the molecule is CS(=O)(=O)Cc1cccc(C(=O)Nc2ccccc2-c2ccccc2)c1. The molecular weight excluding hydrogens is 346 g/mol. The molecule has 0 fully saturated rings. The normalized spacial score (nSPS) is 11.1. The lowest BCUT2D eigenvalue weighted by Crippen LogP contribution is -2.13. The third kappa shape index (κ3) is 4.58. The van der Waals surface area contributed by atoms with Gasteiger partial charge in [0.15, 0.2) is 9.84 Å². The van der Waals surface area contributed by atoms with Crippen molar-refractivity contribution in [2.75, 3.05) is 11.6 Å². The first-order valence-electron chi connectivity index (χ1n) is 8.15. The summed E-state index contributed by atoms with van der Waals surface area (Å²) in [6.07, 6.45) is 1.18. The molecule has 3 aromatic carbocycles. The summed E-state index contributed by atoms with van der Waals surface area (Å²) in [6, 6.07) is 24.1. The zero-order chi connectivity index (χ0) is 18.6. The molecule has 0 aliphatic heterocycles. The number of rotatable bonds is 5. The lowest BCUT2D eigenvalue weighted by Gasteiger charge is -2.12. The van der Waals surface area contributed by atoms with Crippen molar-refractivity contribution < 1.29 is 13.2 Å². The van der Waals surface area contributed by atoms with Gasteiger partial charge in [0.05, 0.1) is 5.75 Å². The highest BCUT2D eigenvalue weighted by atomic mass is 32.2. The van der Waals surface area contributed by atoms with Crippen LogP contribution in [0.5, 0.6) is 0 Å². The number of benzene rings is 3. The second kappa shape index (κ2) is 7.54. The van der Waals surface area contributed by atoms with E-state index in [1.54, 1.807) is 24.3 Å². The smallest absolute Gasteiger partial charge is 0.255 e. The number of anilines is 1. The molecule has 5 heteroatoms. The van der Waals surface area contributed by atoms with Crippen molar-refractivity contribution >= 4 is 21.4 Å². The fourth-order valence-corrected chi connectivity index (χ4v) is 3.55. The molecule has 0 aliphatic carbocycles. The van der Waals surface area contributed by atoms with Crippen molar-refractivity contribution in [3.8, 4) is 11.1 Å². The number of nitrogens with one attached hydrogen (secondary N) is 1. The van der Waals surface area contributed by atoms with Crippen molar-refractivity contribution in [1.82, 2.24) is 0 Å². The van der Waals surface area contributed by atoms with Crippen molar-refractivity contribution in [1.29, 1.82) is 0 Å². The molecular formula is C21H19NO3S. The van der Waals surface area contributed by atoms with Gasteiger partial charge in [0.2, 0.25) is 0 Å². The summed E-state index contributed by atoms with van der Waals surface area (Å²) in [6.45, 7) is 0. The van der Waals surface area contributed by atoms with E-state index in [9.17, 15) is 13.2 Å². The summed E-state index contributed by atoms with van der Waals surface area (Å²) in [4.78, 5) is 12.7. The van der Waals surface area contributed by atoms with Crippen LogP contribution < -0.4 is 5.32 Å². The number of sulfone groups is 1. The van der Waals surface area contributed by atoms with Crippen LogP contribution in [0.1, 0.15) is 15.9 Å². The van der Waals surface area contributed by atoms with Gasteiger partial charge in [-0.25, -0.2) is 8.42 Å². The fraction of sp³-hybridized carbons (Fsp3) is 0.0952. The summed E-state index contributed by atoms with van der Waals surface area (Å²) in [7, 11) is -3.15. The zero-order valence-electron chi connectivity index (χ0n) is 14.3. The molecule has 3 rings (SSSR count). The zero-order valence-corrected chi connectivity index (χ0v) is 15.2. The summed E-state index contributed by atoms with van der Waals surface area (Å²) in [5.74, 6) is -0.363. The standard InChI is InChI=1S/C21H19NO3S/c1-26(24,25)15-16-8-7-11-18(14-16)21(23)22-20-13-6-5-12-19(20)17-9-3-2-4-10-17/h2-14H,15H2,1H3,(H,22,23). The Kier molecular flexibility index (Phi) is 5.19. The van der Waals surface area contributed by atoms with Gasteiger partial charge in [0.1, 0.15) is 0 Å². The van der Waals surface area contributed by atoms with Crippen LogP contribution in [0.4, 0.5) is 5.69 Å². The van der Waals surface area contributed by atoms with Gasteiger partial charge in [0, 0.05) is 23.1 Å². The third-order valence-electron chi connectivity index (χ3n) is 3.88. The molecule has 26 heavy (non-hydrogen) atoms. The van der Waals surface area contributed by atoms with Crippen LogP contribution in [0.3, 0.4) is 0 Å². The van der Waals surface area contributed by atoms with E-state index >= 15 is 0 Å². The van der Waals surface area contributed by atoms with Gasteiger partial charge < -0.3 is 5.32 Å². The summed E-state index contributed by atoms with van der Waals surface area (Å²) in [5.41, 5.74) is 3.66. The average Bonchev–Trinajstić information content (AvgIpc) is 2.62. The first-order chi connectivity index (χ1) is 12.4. The highest BCUT2D eigenvalue weighted by molar-refractivity contribution is 7.89. The molecule has 0 spiro atoms. The van der Waals surface area contributed by atoms with Gasteiger partial charge in [-0.15, -0.1) is 0 Å². The van der Waals surface area contributed by atoms with Gasteiger partial charge in [-0.05, 0) is 29.3 Å². The minimum absolute atomic E-state index is 0.0886. The average molecular weight is 365 g/mol. The van der Waals surface area contributed by atoms with Gasteiger partial charge >= 0.3 is 0 Å². The quantitative estimate of drug-likeness (QED) is 0.739. The fourth-order valence-electron chi connectivity index (χ4n) is 2.76. The topological polar surface area (TPSA) is 63.2 Å². The van der Waals surface area contributed by atoms with Gasteiger partial charge in [-0.1, -0.05) is 60.7 Å². The van der Waals surface area contributed by atoms with Crippen LogP contribution in [0.15, 0.2) is 78.9 Å². The maximum atomic E-state index is 12.7. The van der Waals surface area contributed by atoms with E-state index in [1.807, 2.05) is 54.6 Å². The lowest BCUT2D eigenvalue weighted by molar-refractivity contribution is 0.102. The van der Waals surface area contributed by atoms with E-state index in [-0.39, 0.29) is 11.7 Å². The highest BCUT2D eigenvalue weighted by Crippen LogP contribution is 2.28. The number of para-hydroxylation sites is 1. The predicted octanol–water partition coefficient (Wildman–Crippen LogP) is 4.15. The van der Waals surface area contributed by atoms with Crippen molar-refractivity contribution in [2.45, 2.75) is 5.75 Å². The number of amides is 1. The Hall–Kier alpha value is -2.92. The molecule has 3 aromatic rings. The van der Waals surface area contributed by atoms with Crippen molar-refractivity contribution in [3.05, 3.63) is 90.0 Å². The van der Waals surface area contributed by atoms with Crippen LogP contribution >= 0.6 is 0 Å². The van der Waals surface area contributed by atoms with Crippen molar-refractivity contribution in [3.63, 3.8) is 0 Å². The Morgan fingerprint density at radius 3 is 2.31 bits per heavy atom. The van der Waals surface area contributed by atoms with E-state index in [2.05, 4.69) is 5.32 Å². The molecule has 0 aliphatic rings. The largest absolute Gasteiger partial charge is 0.321 e. The second-order valence-corrected chi connectivity index (χ2v) is 8.28. The summed E-state index contributed by atoms with van der Waals surface area (Å²) >= 11 is 0. The molecule has 132 valence electrons. The Labute approximate surface area is 153 Å². The van der Waals surface area contributed by atoms with E-state index in [0.717, 1.165) is 11.1 Å². The molecule has 1 N–H and O–H groups in total. The Morgan fingerprint density at radius 2 is 1.58 bits per heavy atom. The second-order valence-electron chi connectivity index (χ2n) is 6.14. The molecule has 0 atom stereocenters. The minimum atomic E-state index is -3.15. The van der Waals surface area contributed by atoms with E-state index in [1.165, 1.54) is 6.26 Å². The van der Waals surface area contributed by atoms with Crippen LogP contribution in [0.2, 0.25) is 0 Å². The summed E-state index contributed by atoms with van der Waals surface area (Å²) in [5, 5.41) is 2.93. The molecule has 0 aromatic heterocycles. The third-order valence-corrected chi connectivity index (χ3v) is 4.74. The van der Waals surface area contributed by atoms with Crippen LogP contribution in [-0.2, 0) is 15.6 Å². The van der Waals surface area contributed by atoms with E-state index in [4.69, 9.17) is 0 Å². The maximum absolute atomic E-state index is 12.7. The highest BCUT2D eigenvalue weighted by Gasteiger charge is 2.12. The molecule has 1 amide bonds. The molecule has 0 heterocycles. The molecule has 0 saturated heterocycles. The van der Waals surface area contributed by atoms with E-state index < -0.39 is 9.84 Å². The molecule has 0 unspecified atom stereocenters. The Bertz CT molecular complexity index is 1030. The monoisotopic (exact) mass is 365 g/mol. The number of hydrogen-bond acceptors (Lipinski definition) is 3. The first kappa shape index (κ1) is 17.9. The number of carbonyl (C=O) groups excluding carboxylic acids is 1. The molecule has 0 bridgehead atoms. The predicted molar refractivity (Wildman–Crippen MR) is 105 cm³/mol. The summed E-state index contributed by atoms with van der Waals surface area (Å²) < 4.78 is 22.9. The molecule has 0 saturated carbocycles. The van der Waals surface area contributed by atoms with Crippen molar-refractivity contribution in [2.24, 2.45) is 0 Å². The number of carbonyl (C=O) groups is 1. The maximum Gasteiger partial charge on any atom is 0.255 e. The first-order valence-corrected chi connectivity index (χ1v) is 10.2. The lowest BCUT2D eigenvalue weighted by atomic mass is 10.0. The molecule has 4 nitrogen and oxygen atoms in total. The van der Waals surface area contributed by atoms with Crippen LogP contribution in [-0.4, -0.2) is 20.6 Å². The van der Waals surface area contributed by atoms with Gasteiger partial charge in [-0.2, -0.15) is 0 Å². The molecule has 0 radical (unpaired) electrons. The van der Waals surface area contributed by atoms with Crippen LogP contribution in [0.25, 0.3) is 11.1 Å². The Morgan fingerprint density at radius 1 is 0.885 bits per heavy atom. The van der Waals surface area contributed by atoms with Crippen LogP contribution in [0, 0.1) is 0 Å². The Balaban J connectivity index is 1.87. The minimum Gasteiger partial charge on any atom is -0.321 e.